The van der Waals surface area contributed by atoms with E-state index >= 15 is 0 Å². The topological polar surface area (TPSA) is 112 Å². The average Bonchev–Trinajstić information content (AvgIpc) is 3.29. The zero-order valence-corrected chi connectivity index (χ0v) is 18.6. The molecule has 1 aromatic heterocycles. The Bertz CT molecular complexity index is 1010. The second-order valence-corrected chi connectivity index (χ2v) is 8.50. The number of piperazine rings is 2. The molecule has 33 heavy (non-hydrogen) atoms. The number of aromatic nitrogens is 2. The van der Waals surface area contributed by atoms with Crippen molar-refractivity contribution in [3.8, 4) is 11.5 Å². The van der Waals surface area contributed by atoms with E-state index in [-0.39, 0.29) is 23.2 Å². The minimum Gasteiger partial charge on any atom is -0.454 e. The molecule has 176 valence electrons. The number of nitrogens with zero attached hydrogens (tertiary/aromatic N) is 7. The molecule has 0 unspecified atom stereocenters. The van der Waals surface area contributed by atoms with Gasteiger partial charge in [0.05, 0.1) is 4.92 Å². The summed E-state index contributed by atoms with van der Waals surface area (Å²) in [5, 5.41) is 14.0. The molecule has 0 aliphatic carbocycles. The minimum absolute atomic E-state index is 0.0688. The number of anilines is 2. The van der Waals surface area contributed by atoms with E-state index in [2.05, 4.69) is 32.2 Å². The van der Waals surface area contributed by atoms with Crippen LogP contribution in [-0.4, -0.2) is 95.9 Å². The first-order chi connectivity index (χ1) is 16.1. The van der Waals surface area contributed by atoms with Crippen molar-refractivity contribution >= 4 is 17.3 Å². The number of hydrazine groups is 1. The van der Waals surface area contributed by atoms with Gasteiger partial charge >= 0.3 is 5.69 Å². The second kappa shape index (κ2) is 9.33. The lowest BCUT2D eigenvalue weighted by molar-refractivity contribution is -0.383. The number of nitrogens with one attached hydrogen (secondary N) is 1. The van der Waals surface area contributed by atoms with Crippen LogP contribution in [0.1, 0.15) is 5.56 Å². The molecule has 3 aliphatic heterocycles. The molecular formula is C21H28N8O4. The van der Waals surface area contributed by atoms with Crippen LogP contribution in [0.5, 0.6) is 11.5 Å². The van der Waals surface area contributed by atoms with Crippen LogP contribution in [0.25, 0.3) is 0 Å². The molecule has 1 aromatic carbocycles. The van der Waals surface area contributed by atoms with E-state index in [0.717, 1.165) is 62.9 Å². The Kier molecular flexibility index (Phi) is 6.11. The molecule has 2 fully saturated rings. The number of ether oxygens (including phenoxy) is 2. The fourth-order valence-electron chi connectivity index (χ4n) is 4.33. The van der Waals surface area contributed by atoms with E-state index in [4.69, 9.17) is 9.47 Å². The Labute approximate surface area is 191 Å². The highest BCUT2D eigenvalue weighted by Gasteiger charge is 2.30. The summed E-state index contributed by atoms with van der Waals surface area (Å²) in [6, 6.07) is 6.00. The molecule has 12 heteroatoms. The quantitative estimate of drug-likeness (QED) is 0.496. The number of hydrogen-bond acceptors (Lipinski definition) is 11. The van der Waals surface area contributed by atoms with Gasteiger partial charge in [0.25, 0.3) is 0 Å². The highest BCUT2D eigenvalue weighted by atomic mass is 16.7. The van der Waals surface area contributed by atoms with Crippen LogP contribution in [0.2, 0.25) is 0 Å². The van der Waals surface area contributed by atoms with Crippen molar-refractivity contribution in [2.45, 2.75) is 6.54 Å². The van der Waals surface area contributed by atoms with Gasteiger partial charge in [0.2, 0.25) is 18.4 Å². The Balaban J connectivity index is 1.24. The van der Waals surface area contributed by atoms with E-state index < -0.39 is 0 Å². The zero-order valence-electron chi connectivity index (χ0n) is 18.6. The van der Waals surface area contributed by atoms with Gasteiger partial charge in [-0.15, -0.1) is 0 Å². The van der Waals surface area contributed by atoms with Gasteiger partial charge in [-0.25, -0.2) is 15.0 Å². The zero-order chi connectivity index (χ0) is 22.8. The molecule has 3 aliphatic rings. The van der Waals surface area contributed by atoms with Crippen molar-refractivity contribution in [2.75, 3.05) is 76.5 Å². The van der Waals surface area contributed by atoms with E-state index in [1.54, 1.807) is 0 Å². The van der Waals surface area contributed by atoms with Gasteiger partial charge in [0.1, 0.15) is 6.33 Å². The fraction of sp³-hybridized carbons (Fsp3) is 0.524. The van der Waals surface area contributed by atoms with E-state index in [1.165, 1.54) is 6.33 Å². The maximum Gasteiger partial charge on any atom is 0.354 e. The number of hydrogen-bond donors (Lipinski definition) is 1. The summed E-state index contributed by atoms with van der Waals surface area (Å²) < 4.78 is 10.9. The maximum atomic E-state index is 12.0. The summed E-state index contributed by atoms with van der Waals surface area (Å²) >= 11 is 0. The smallest absolute Gasteiger partial charge is 0.354 e. The summed E-state index contributed by atoms with van der Waals surface area (Å²) in [4.78, 5) is 26.6. The number of benzene rings is 1. The van der Waals surface area contributed by atoms with Crippen LogP contribution in [-0.2, 0) is 6.54 Å². The molecule has 0 bridgehead atoms. The Morgan fingerprint density at radius 3 is 2.55 bits per heavy atom. The van der Waals surface area contributed by atoms with E-state index in [9.17, 15) is 10.1 Å². The third kappa shape index (κ3) is 4.77. The summed E-state index contributed by atoms with van der Waals surface area (Å²) in [6.07, 6.45) is 1.40. The highest BCUT2D eigenvalue weighted by Crippen LogP contribution is 2.34. The van der Waals surface area contributed by atoms with Crippen molar-refractivity contribution in [3.63, 3.8) is 0 Å². The Hall–Kier alpha value is -3.22. The number of likely N-dealkylation sites (N-methyl/N-ethyl adjacent to an activating group) is 1. The largest absolute Gasteiger partial charge is 0.454 e. The van der Waals surface area contributed by atoms with Crippen molar-refractivity contribution in [1.82, 2.24) is 24.8 Å². The lowest BCUT2D eigenvalue weighted by Crippen LogP contribution is -2.47. The molecule has 4 heterocycles. The van der Waals surface area contributed by atoms with Crippen molar-refractivity contribution in [1.29, 1.82) is 0 Å². The number of rotatable bonds is 6. The monoisotopic (exact) mass is 456 g/mol. The van der Waals surface area contributed by atoms with Crippen LogP contribution in [0.3, 0.4) is 0 Å². The third-order valence-electron chi connectivity index (χ3n) is 6.27. The first-order valence-corrected chi connectivity index (χ1v) is 11.1. The average molecular weight is 457 g/mol. The first-order valence-electron chi connectivity index (χ1n) is 11.1. The van der Waals surface area contributed by atoms with Gasteiger partial charge in [-0.05, 0) is 24.7 Å². The summed E-state index contributed by atoms with van der Waals surface area (Å²) in [5.74, 6) is 2.18. The lowest BCUT2D eigenvalue weighted by atomic mass is 10.1. The number of nitro groups is 1. The second-order valence-electron chi connectivity index (χ2n) is 8.50. The minimum atomic E-state index is -0.382. The molecule has 0 amide bonds. The predicted octanol–water partition coefficient (Wildman–Crippen LogP) is 1.01. The molecule has 0 radical (unpaired) electrons. The Morgan fingerprint density at radius 1 is 1.03 bits per heavy atom. The molecular weight excluding hydrogens is 428 g/mol. The molecule has 1 N–H and O–H groups in total. The summed E-state index contributed by atoms with van der Waals surface area (Å²) in [5.41, 5.74) is 4.23. The van der Waals surface area contributed by atoms with Gasteiger partial charge in [-0.1, -0.05) is 6.07 Å². The molecule has 0 saturated carbocycles. The van der Waals surface area contributed by atoms with Crippen LogP contribution >= 0.6 is 0 Å². The fourth-order valence-corrected chi connectivity index (χ4v) is 4.33. The summed E-state index contributed by atoms with van der Waals surface area (Å²) in [7, 11) is 2.06. The Morgan fingerprint density at radius 2 is 1.79 bits per heavy atom. The van der Waals surface area contributed by atoms with E-state index in [0.29, 0.717) is 18.9 Å². The van der Waals surface area contributed by atoms with Gasteiger partial charge in [-0.2, -0.15) is 0 Å². The van der Waals surface area contributed by atoms with Crippen molar-refractivity contribution in [2.24, 2.45) is 0 Å². The SMILES string of the molecule is CN1CCN(Nc2ncnc(N3CCN(Cc4ccc5c(c4)OCO5)CC3)c2[N+](=O)[O-])CC1. The van der Waals surface area contributed by atoms with Gasteiger partial charge in [0, 0.05) is 58.9 Å². The highest BCUT2D eigenvalue weighted by molar-refractivity contribution is 5.70. The van der Waals surface area contributed by atoms with Crippen molar-refractivity contribution in [3.05, 3.63) is 40.2 Å². The molecule has 5 rings (SSSR count). The predicted molar refractivity (Wildman–Crippen MR) is 121 cm³/mol. The van der Waals surface area contributed by atoms with Gasteiger partial charge in [-0.3, -0.25) is 20.4 Å². The molecule has 2 saturated heterocycles. The third-order valence-corrected chi connectivity index (χ3v) is 6.27. The van der Waals surface area contributed by atoms with Crippen LogP contribution in [0, 0.1) is 10.1 Å². The van der Waals surface area contributed by atoms with Crippen LogP contribution in [0.4, 0.5) is 17.3 Å². The standard InChI is InChI=1S/C21H28N8O4/c1-25-4-10-28(11-5-25)24-20-19(29(30)31)21(23-14-22-20)27-8-6-26(7-9-27)13-16-2-3-17-18(12-16)33-15-32-17/h2-3,12,14H,4-11,13,15H2,1H3,(H,22,23,24). The molecule has 0 atom stereocenters. The van der Waals surface area contributed by atoms with Gasteiger partial charge < -0.3 is 19.3 Å². The molecule has 2 aromatic rings. The number of fused-ring (bicyclic) bond motifs is 1. The van der Waals surface area contributed by atoms with Crippen molar-refractivity contribution < 1.29 is 14.4 Å². The summed E-state index contributed by atoms with van der Waals surface area (Å²) in [6.45, 7) is 7.22. The van der Waals surface area contributed by atoms with Crippen LogP contribution < -0.4 is 19.8 Å². The van der Waals surface area contributed by atoms with E-state index in [1.807, 2.05) is 28.1 Å². The lowest BCUT2D eigenvalue weighted by Gasteiger charge is -2.35. The molecule has 12 nitrogen and oxygen atoms in total. The normalized spacial score (nSPS) is 19.6. The maximum absolute atomic E-state index is 12.0. The molecule has 0 spiro atoms. The van der Waals surface area contributed by atoms with Crippen LogP contribution in [0.15, 0.2) is 24.5 Å². The first kappa shape index (κ1) is 21.6. The van der Waals surface area contributed by atoms with Gasteiger partial charge in [0.15, 0.2) is 11.5 Å².